The van der Waals surface area contributed by atoms with Gasteiger partial charge in [0, 0.05) is 5.56 Å². The van der Waals surface area contributed by atoms with Gasteiger partial charge in [-0.2, -0.15) is 0 Å². The minimum absolute atomic E-state index is 0.226. The molecule has 0 N–H and O–H groups in total. The molecule has 2 aromatic rings. The van der Waals surface area contributed by atoms with E-state index in [0.29, 0.717) is 11.1 Å². The molecule has 0 radical (unpaired) electrons. The van der Waals surface area contributed by atoms with Gasteiger partial charge in [0.25, 0.3) is 0 Å². The van der Waals surface area contributed by atoms with Gasteiger partial charge in [0.1, 0.15) is 12.2 Å². The SMILES string of the molecule is CC/C(=N\OCc1ccccc1/C(=C\OC)C(=O)OC)c1ccc(C)cc1. The topological polar surface area (TPSA) is 57.1 Å². The zero-order chi connectivity index (χ0) is 19.6. The van der Waals surface area contributed by atoms with Crippen LogP contribution in [0.5, 0.6) is 0 Å². The molecule has 0 fully saturated rings. The number of rotatable bonds is 8. The van der Waals surface area contributed by atoms with Crippen LogP contribution in [0.1, 0.15) is 35.6 Å². The van der Waals surface area contributed by atoms with E-state index in [2.05, 4.69) is 5.16 Å². The molecule has 0 aromatic heterocycles. The normalized spacial score (nSPS) is 11.9. The van der Waals surface area contributed by atoms with E-state index in [1.807, 2.05) is 62.4 Å². The summed E-state index contributed by atoms with van der Waals surface area (Å²) in [5, 5.41) is 4.30. The summed E-state index contributed by atoms with van der Waals surface area (Å²) >= 11 is 0. The van der Waals surface area contributed by atoms with Gasteiger partial charge >= 0.3 is 5.97 Å². The van der Waals surface area contributed by atoms with Crippen LogP contribution in [-0.4, -0.2) is 25.9 Å². The largest absolute Gasteiger partial charge is 0.503 e. The second kappa shape index (κ2) is 10.2. The Morgan fingerprint density at radius 3 is 2.41 bits per heavy atom. The fraction of sp³-hybridized carbons (Fsp3) is 0.273. The maximum atomic E-state index is 12.1. The molecule has 0 aliphatic rings. The molecule has 0 spiro atoms. The summed E-state index contributed by atoms with van der Waals surface area (Å²) in [7, 11) is 2.83. The summed E-state index contributed by atoms with van der Waals surface area (Å²) < 4.78 is 9.88. The van der Waals surface area contributed by atoms with E-state index in [1.54, 1.807) is 0 Å². The summed E-state index contributed by atoms with van der Waals surface area (Å²) in [4.78, 5) is 17.7. The van der Waals surface area contributed by atoms with Crippen LogP contribution in [0.2, 0.25) is 0 Å². The van der Waals surface area contributed by atoms with E-state index in [4.69, 9.17) is 14.3 Å². The fourth-order valence-corrected chi connectivity index (χ4v) is 2.61. The molecule has 0 amide bonds. The van der Waals surface area contributed by atoms with Crippen LogP contribution in [0.3, 0.4) is 0 Å². The van der Waals surface area contributed by atoms with Crippen molar-refractivity contribution in [1.29, 1.82) is 0 Å². The third kappa shape index (κ3) is 5.45. The molecule has 0 aliphatic heterocycles. The number of carbonyl (C=O) groups is 1. The Balaban J connectivity index is 2.21. The van der Waals surface area contributed by atoms with Crippen LogP contribution >= 0.6 is 0 Å². The third-order valence-electron chi connectivity index (χ3n) is 4.06. The van der Waals surface area contributed by atoms with Gasteiger partial charge in [0.2, 0.25) is 0 Å². The highest BCUT2D eigenvalue weighted by atomic mass is 16.6. The average Bonchev–Trinajstić information content (AvgIpc) is 2.70. The monoisotopic (exact) mass is 367 g/mol. The molecule has 5 heteroatoms. The van der Waals surface area contributed by atoms with Crippen molar-refractivity contribution >= 4 is 17.3 Å². The molecule has 0 unspecified atom stereocenters. The van der Waals surface area contributed by atoms with Gasteiger partial charge in [-0.15, -0.1) is 0 Å². The van der Waals surface area contributed by atoms with Crippen molar-refractivity contribution in [3.8, 4) is 0 Å². The molecular weight excluding hydrogens is 342 g/mol. The fourth-order valence-electron chi connectivity index (χ4n) is 2.61. The lowest BCUT2D eigenvalue weighted by atomic mass is 10.0. The average molecular weight is 367 g/mol. The second-order valence-corrected chi connectivity index (χ2v) is 5.95. The van der Waals surface area contributed by atoms with Crippen molar-refractivity contribution in [2.45, 2.75) is 26.9 Å². The zero-order valence-corrected chi connectivity index (χ0v) is 16.2. The lowest BCUT2D eigenvalue weighted by Gasteiger charge is -2.11. The maximum Gasteiger partial charge on any atom is 0.341 e. The van der Waals surface area contributed by atoms with Crippen LogP contribution in [0, 0.1) is 6.92 Å². The lowest BCUT2D eigenvalue weighted by Crippen LogP contribution is -2.07. The quantitative estimate of drug-likeness (QED) is 0.227. The predicted octanol–water partition coefficient (Wildman–Crippen LogP) is 4.49. The van der Waals surface area contributed by atoms with Gasteiger partial charge in [0.05, 0.1) is 26.2 Å². The summed E-state index contributed by atoms with van der Waals surface area (Å²) in [6.07, 6.45) is 2.12. The number of hydrogen-bond donors (Lipinski definition) is 0. The highest BCUT2D eigenvalue weighted by molar-refractivity contribution is 6.16. The number of esters is 1. The summed E-state index contributed by atoms with van der Waals surface area (Å²) in [5.74, 6) is -0.471. The molecule has 0 atom stereocenters. The van der Waals surface area contributed by atoms with Gasteiger partial charge in [-0.1, -0.05) is 66.2 Å². The molecule has 0 saturated heterocycles. The van der Waals surface area contributed by atoms with Crippen molar-refractivity contribution in [3.05, 3.63) is 77.0 Å². The molecule has 0 bridgehead atoms. The molecule has 0 saturated carbocycles. The standard InChI is InChI=1S/C22H25NO4/c1-5-21(17-12-10-16(2)11-13-17)23-27-14-18-8-6-7-9-19(18)20(15-25-3)22(24)26-4/h6-13,15H,5,14H2,1-4H3/b20-15+,23-21+. The first-order valence-electron chi connectivity index (χ1n) is 8.76. The van der Waals surface area contributed by atoms with E-state index < -0.39 is 5.97 Å². The number of carbonyl (C=O) groups excluding carboxylic acids is 1. The Kier molecular flexibility index (Phi) is 7.62. The van der Waals surface area contributed by atoms with Gasteiger partial charge in [-0.05, 0) is 24.5 Å². The summed E-state index contributed by atoms with van der Waals surface area (Å²) in [6, 6.07) is 15.6. The van der Waals surface area contributed by atoms with Gasteiger partial charge in [-0.25, -0.2) is 4.79 Å². The van der Waals surface area contributed by atoms with Crippen molar-refractivity contribution in [3.63, 3.8) is 0 Å². The Labute approximate surface area is 160 Å². The predicted molar refractivity (Wildman–Crippen MR) is 106 cm³/mol. The molecule has 27 heavy (non-hydrogen) atoms. The summed E-state index contributed by atoms with van der Waals surface area (Å²) in [6.45, 7) is 4.31. The highest BCUT2D eigenvalue weighted by Crippen LogP contribution is 2.22. The molecule has 142 valence electrons. The van der Waals surface area contributed by atoms with Gasteiger partial charge in [0.15, 0.2) is 0 Å². The summed E-state index contributed by atoms with van der Waals surface area (Å²) in [5.41, 5.74) is 4.94. The molecule has 0 aliphatic carbocycles. The Bertz CT molecular complexity index is 822. The minimum atomic E-state index is -0.471. The zero-order valence-electron chi connectivity index (χ0n) is 16.2. The Morgan fingerprint density at radius 1 is 1.07 bits per heavy atom. The molecule has 2 rings (SSSR count). The number of oxime groups is 1. The second-order valence-electron chi connectivity index (χ2n) is 5.95. The van der Waals surface area contributed by atoms with Crippen molar-refractivity contribution in [2.24, 2.45) is 5.16 Å². The van der Waals surface area contributed by atoms with E-state index in [-0.39, 0.29) is 6.61 Å². The molecule has 5 nitrogen and oxygen atoms in total. The van der Waals surface area contributed by atoms with Crippen molar-refractivity contribution in [2.75, 3.05) is 14.2 Å². The first-order chi connectivity index (χ1) is 13.1. The first-order valence-corrected chi connectivity index (χ1v) is 8.76. The molecule has 2 aromatic carbocycles. The number of nitrogens with zero attached hydrogens (tertiary/aromatic N) is 1. The highest BCUT2D eigenvalue weighted by Gasteiger charge is 2.16. The van der Waals surface area contributed by atoms with E-state index in [1.165, 1.54) is 26.0 Å². The Hall–Kier alpha value is -3.08. The molecular formula is C22H25NO4. The minimum Gasteiger partial charge on any atom is -0.503 e. The van der Waals surface area contributed by atoms with E-state index in [9.17, 15) is 4.79 Å². The maximum absolute atomic E-state index is 12.1. The van der Waals surface area contributed by atoms with Crippen LogP contribution < -0.4 is 0 Å². The number of aryl methyl sites for hydroxylation is 1. The van der Waals surface area contributed by atoms with Crippen LogP contribution in [0.4, 0.5) is 0 Å². The van der Waals surface area contributed by atoms with Crippen LogP contribution in [0.25, 0.3) is 5.57 Å². The first kappa shape index (κ1) is 20.2. The van der Waals surface area contributed by atoms with Crippen molar-refractivity contribution in [1.82, 2.24) is 0 Å². The number of hydrogen-bond acceptors (Lipinski definition) is 5. The number of benzene rings is 2. The third-order valence-corrected chi connectivity index (χ3v) is 4.06. The smallest absolute Gasteiger partial charge is 0.341 e. The van der Waals surface area contributed by atoms with E-state index >= 15 is 0 Å². The number of methoxy groups -OCH3 is 2. The Morgan fingerprint density at radius 2 is 1.78 bits per heavy atom. The van der Waals surface area contributed by atoms with Crippen LogP contribution in [0.15, 0.2) is 59.9 Å². The van der Waals surface area contributed by atoms with Gasteiger partial charge in [-0.3, -0.25) is 0 Å². The number of ether oxygens (including phenoxy) is 2. The van der Waals surface area contributed by atoms with Crippen LogP contribution in [-0.2, 0) is 25.7 Å². The van der Waals surface area contributed by atoms with E-state index in [0.717, 1.165) is 23.3 Å². The molecule has 0 heterocycles. The van der Waals surface area contributed by atoms with Gasteiger partial charge < -0.3 is 14.3 Å². The lowest BCUT2D eigenvalue weighted by molar-refractivity contribution is -0.133. The van der Waals surface area contributed by atoms with Crippen molar-refractivity contribution < 1.29 is 19.1 Å².